The highest BCUT2D eigenvalue weighted by atomic mass is 16.5. The van der Waals surface area contributed by atoms with Gasteiger partial charge in [-0.05, 0) is 47.4 Å². The van der Waals surface area contributed by atoms with Crippen LogP contribution in [-0.4, -0.2) is 31.0 Å². The molecule has 3 rings (SSSR count). The minimum Gasteiger partial charge on any atom is -0.452 e. The summed E-state index contributed by atoms with van der Waals surface area (Å²) in [6.45, 7) is 1.50. The molecule has 1 N–H and O–H groups in total. The Hall–Kier alpha value is -3.93. The third kappa shape index (κ3) is 6.82. The zero-order valence-electron chi connectivity index (χ0n) is 17.2. The van der Waals surface area contributed by atoms with E-state index in [-0.39, 0.29) is 18.5 Å². The van der Waals surface area contributed by atoms with Crippen LogP contribution in [0.25, 0.3) is 11.1 Å². The van der Waals surface area contributed by atoms with Gasteiger partial charge in [0.15, 0.2) is 6.61 Å². The monoisotopic (exact) mass is 417 g/mol. The lowest BCUT2D eigenvalue weighted by Crippen LogP contribution is -2.30. The van der Waals surface area contributed by atoms with Crippen LogP contribution in [0, 0.1) is 0 Å². The van der Waals surface area contributed by atoms with Gasteiger partial charge in [0.05, 0.1) is 5.56 Å². The Kier molecular flexibility index (Phi) is 7.54. The second-order valence-corrected chi connectivity index (χ2v) is 6.86. The fourth-order valence-corrected chi connectivity index (χ4v) is 2.94. The normalized spacial score (nSPS) is 10.2. The van der Waals surface area contributed by atoms with Gasteiger partial charge in [-0.3, -0.25) is 9.59 Å². The Bertz CT molecular complexity index is 1030. The number of benzene rings is 3. The van der Waals surface area contributed by atoms with Crippen LogP contribution < -0.4 is 10.1 Å². The number of hydrogen-bond acceptors (Lipinski definition) is 5. The second kappa shape index (κ2) is 10.7. The van der Waals surface area contributed by atoms with Crippen molar-refractivity contribution in [2.45, 2.75) is 13.3 Å². The molecule has 0 spiro atoms. The second-order valence-electron chi connectivity index (χ2n) is 6.86. The summed E-state index contributed by atoms with van der Waals surface area (Å²) < 4.78 is 10.1. The van der Waals surface area contributed by atoms with E-state index >= 15 is 0 Å². The van der Waals surface area contributed by atoms with Crippen molar-refractivity contribution in [2.24, 2.45) is 0 Å². The first-order chi connectivity index (χ1) is 15.0. The summed E-state index contributed by atoms with van der Waals surface area (Å²) in [4.78, 5) is 35.1. The first-order valence-corrected chi connectivity index (χ1v) is 9.88. The molecule has 0 bridgehead atoms. The minimum atomic E-state index is -0.560. The number of carbonyl (C=O) groups is 3. The molecule has 158 valence electrons. The van der Waals surface area contributed by atoms with Crippen LogP contribution in [0.3, 0.4) is 0 Å². The van der Waals surface area contributed by atoms with Gasteiger partial charge in [-0.15, -0.1) is 0 Å². The van der Waals surface area contributed by atoms with Crippen LogP contribution >= 0.6 is 0 Å². The van der Waals surface area contributed by atoms with Crippen LogP contribution in [-0.2, 0) is 20.7 Å². The summed E-state index contributed by atoms with van der Waals surface area (Å²) >= 11 is 0. The zero-order valence-corrected chi connectivity index (χ0v) is 17.2. The van der Waals surface area contributed by atoms with E-state index in [1.807, 2.05) is 42.5 Å². The van der Waals surface area contributed by atoms with E-state index in [2.05, 4.69) is 5.32 Å². The van der Waals surface area contributed by atoms with Gasteiger partial charge in [0, 0.05) is 13.5 Å². The molecule has 31 heavy (non-hydrogen) atoms. The van der Waals surface area contributed by atoms with Crippen molar-refractivity contribution in [2.75, 3.05) is 13.2 Å². The molecular formula is C25H23NO5. The van der Waals surface area contributed by atoms with Crippen molar-refractivity contribution in [3.63, 3.8) is 0 Å². The third-order valence-corrected chi connectivity index (χ3v) is 4.48. The number of esters is 2. The summed E-state index contributed by atoms with van der Waals surface area (Å²) in [5.74, 6) is -0.803. The number of carbonyl (C=O) groups excluding carboxylic acids is 3. The van der Waals surface area contributed by atoms with E-state index in [1.165, 1.54) is 6.92 Å². The van der Waals surface area contributed by atoms with Crippen molar-refractivity contribution in [3.05, 3.63) is 90.0 Å². The molecule has 0 aliphatic heterocycles. The quantitative estimate of drug-likeness (QED) is 0.445. The van der Waals surface area contributed by atoms with E-state index in [0.717, 1.165) is 16.7 Å². The largest absolute Gasteiger partial charge is 0.452 e. The van der Waals surface area contributed by atoms with Crippen molar-refractivity contribution in [1.29, 1.82) is 0 Å². The van der Waals surface area contributed by atoms with Gasteiger partial charge in [0.1, 0.15) is 5.75 Å². The van der Waals surface area contributed by atoms with E-state index < -0.39 is 5.97 Å². The van der Waals surface area contributed by atoms with Crippen LogP contribution in [0.5, 0.6) is 5.75 Å². The molecule has 0 aliphatic rings. The van der Waals surface area contributed by atoms with Gasteiger partial charge in [0.25, 0.3) is 5.91 Å². The number of amides is 1. The lowest BCUT2D eigenvalue weighted by molar-refractivity contribution is -0.131. The highest BCUT2D eigenvalue weighted by molar-refractivity contribution is 5.91. The van der Waals surface area contributed by atoms with Crippen molar-refractivity contribution in [1.82, 2.24) is 5.32 Å². The summed E-state index contributed by atoms with van der Waals surface area (Å²) in [5, 5.41) is 2.74. The maximum absolute atomic E-state index is 12.2. The summed E-state index contributed by atoms with van der Waals surface area (Å²) in [5.41, 5.74) is 3.29. The Labute approximate surface area is 180 Å². The molecule has 0 unspecified atom stereocenters. The SMILES string of the molecule is CC(=O)Oc1ccc(-c2ccc(C(=O)OCC(=O)NCCc3ccccc3)cc2)cc1. The van der Waals surface area contributed by atoms with Crippen molar-refractivity contribution >= 4 is 17.8 Å². The first-order valence-electron chi connectivity index (χ1n) is 9.88. The predicted octanol–water partition coefficient (Wildman–Crippen LogP) is 3.79. The fourth-order valence-electron chi connectivity index (χ4n) is 2.94. The third-order valence-electron chi connectivity index (χ3n) is 4.48. The van der Waals surface area contributed by atoms with Gasteiger partial charge in [-0.1, -0.05) is 54.6 Å². The molecule has 3 aromatic carbocycles. The Morgan fingerprint density at radius 1 is 0.806 bits per heavy atom. The fraction of sp³-hybridized carbons (Fsp3) is 0.160. The van der Waals surface area contributed by atoms with Crippen molar-refractivity contribution in [3.8, 4) is 16.9 Å². The predicted molar refractivity (Wildman–Crippen MR) is 117 cm³/mol. The average Bonchev–Trinajstić information content (AvgIpc) is 2.78. The minimum absolute atomic E-state index is 0.326. The number of hydrogen-bond donors (Lipinski definition) is 1. The maximum atomic E-state index is 12.2. The molecule has 0 radical (unpaired) electrons. The maximum Gasteiger partial charge on any atom is 0.338 e. The van der Waals surface area contributed by atoms with Crippen LogP contribution in [0.4, 0.5) is 0 Å². The lowest BCUT2D eigenvalue weighted by atomic mass is 10.0. The Balaban J connectivity index is 1.46. The molecule has 0 saturated carbocycles. The molecule has 0 heterocycles. The summed E-state index contributed by atoms with van der Waals surface area (Å²) in [6, 6.07) is 23.7. The molecule has 0 fully saturated rings. The van der Waals surface area contributed by atoms with Crippen LogP contribution in [0.1, 0.15) is 22.8 Å². The molecule has 0 aliphatic carbocycles. The zero-order chi connectivity index (χ0) is 22.1. The molecular weight excluding hydrogens is 394 g/mol. The number of nitrogens with one attached hydrogen (secondary N) is 1. The van der Waals surface area contributed by atoms with E-state index in [9.17, 15) is 14.4 Å². The molecule has 3 aromatic rings. The van der Waals surface area contributed by atoms with Gasteiger partial charge in [-0.25, -0.2) is 4.79 Å². The van der Waals surface area contributed by atoms with Gasteiger partial charge in [-0.2, -0.15) is 0 Å². The van der Waals surface area contributed by atoms with Crippen molar-refractivity contribution < 1.29 is 23.9 Å². The summed E-state index contributed by atoms with van der Waals surface area (Å²) in [7, 11) is 0. The van der Waals surface area contributed by atoms with E-state index in [1.54, 1.807) is 36.4 Å². The van der Waals surface area contributed by atoms with Gasteiger partial charge < -0.3 is 14.8 Å². The van der Waals surface area contributed by atoms with Crippen LogP contribution in [0.15, 0.2) is 78.9 Å². The van der Waals surface area contributed by atoms with E-state index in [0.29, 0.717) is 24.3 Å². The molecule has 0 saturated heterocycles. The molecule has 6 heteroatoms. The molecule has 6 nitrogen and oxygen atoms in total. The standard InChI is InChI=1S/C25H23NO5/c1-18(27)31-23-13-11-21(12-14-23)20-7-9-22(10-8-20)25(29)30-17-24(28)26-16-15-19-5-3-2-4-6-19/h2-14H,15-17H2,1H3,(H,26,28). The summed E-state index contributed by atoms with van der Waals surface area (Å²) in [6.07, 6.45) is 0.712. The number of rotatable bonds is 8. The molecule has 1 amide bonds. The Morgan fingerprint density at radius 3 is 2.03 bits per heavy atom. The van der Waals surface area contributed by atoms with Gasteiger partial charge >= 0.3 is 11.9 Å². The highest BCUT2D eigenvalue weighted by Crippen LogP contribution is 2.23. The molecule has 0 aromatic heterocycles. The molecule has 0 atom stereocenters. The topological polar surface area (TPSA) is 81.7 Å². The average molecular weight is 417 g/mol. The smallest absolute Gasteiger partial charge is 0.338 e. The lowest BCUT2D eigenvalue weighted by Gasteiger charge is -2.08. The highest BCUT2D eigenvalue weighted by Gasteiger charge is 2.10. The van der Waals surface area contributed by atoms with Crippen LogP contribution in [0.2, 0.25) is 0 Å². The Morgan fingerprint density at radius 2 is 1.42 bits per heavy atom. The van der Waals surface area contributed by atoms with Gasteiger partial charge in [0.2, 0.25) is 0 Å². The first kappa shape index (κ1) is 21.8. The van der Waals surface area contributed by atoms with E-state index in [4.69, 9.17) is 9.47 Å². The number of ether oxygens (including phenoxy) is 2.